The molecule has 18 heavy (non-hydrogen) atoms. The van der Waals surface area contributed by atoms with Crippen molar-refractivity contribution >= 4 is 18.0 Å². The molecule has 2 aromatic rings. The fourth-order valence-corrected chi connectivity index (χ4v) is 1.58. The molecule has 5 heteroatoms. The Kier molecular flexibility index (Phi) is 3.05. The molecule has 0 bridgehead atoms. The molecule has 1 heterocycles. The number of aromatic nitrogens is 1. The van der Waals surface area contributed by atoms with Crippen LogP contribution in [0, 0.1) is 0 Å². The van der Waals surface area contributed by atoms with Gasteiger partial charge < -0.3 is 11.5 Å². The zero-order valence-electron chi connectivity index (χ0n) is 9.46. The van der Waals surface area contributed by atoms with Gasteiger partial charge in [-0.3, -0.25) is 9.59 Å². The van der Waals surface area contributed by atoms with Gasteiger partial charge >= 0.3 is 0 Å². The van der Waals surface area contributed by atoms with Crippen molar-refractivity contribution in [2.75, 3.05) is 5.73 Å². The highest BCUT2D eigenvalue weighted by molar-refractivity contribution is 5.98. The highest BCUT2D eigenvalue weighted by Gasteiger charge is 2.09. The van der Waals surface area contributed by atoms with Crippen molar-refractivity contribution in [2.45, 2.75) is 0 Å². The van der Waals surface area contributed by atoms with Gasteiger partial charge in [0.15, 0.2) is 0 Å². The van der Waals surface area contributed by atoms with Crippen LogP contribution in [-0.4, -0.2) is 17.2 Å². The van der Waals surface area contributed by atoms with E-state index in [1.807, 2.05) is 0 Å². The molecule has 90 valence electrons. The summed E-state index contributed by atoms with van der Waals surface area (Å²) in [5.74, 6) is -0.512. The van der Waals surface area contributed by atoms with Gasteiger partial charge in [0.05, 0.1) is 5.56 Å². The molecular weight excluding hydrogens is 230 g/mol. The number of aldehydes is 1. The van der Waals surface area contributed by atoms with Crippen molar-refractivity contribution in [3.05, 3.63) is 47.7 Å². The van der Waals surface area contributed by atoms with Crippen molar-refractivity contribution < 1.29 is 9.59 Å². The van der Waals surface area contributed by atoms with Crippen LogP contribution in [0.3, 0.4) is 0 Å². The van der Waals surface area contributed by atoms with Crippen LogP contribution in [-0.2, 0) is 0 Å². The summed E-state index contributed by atoms with van der Waals surface area (Å²) in [6.45, 7) is 0. The number of anilines is 1. The molecule has 0 saturated carbocycles. The van der Waals surface area contributed by atoms with Gasteiger partial charge in [-0.15, -0.1) is 0 Å². The monoisotopic (exact) mass is 241 g/mol. The smallest absolute Gasteiger partial charge is 0.252 e. The number of hydrogen-bond acceptors (Lipinski definition) is 4. The molecule has 0 fully saturated rings. The first kappa shape index (κ1) is 11.8. The SMILES string of the molecule is NC(=O)c1cc(-c2ccc(C=O)cc2)cnc1N. The molecule has 0 spiro atoms. The number of hydrogen-bond donors (Lipinski definition) is 2. The predicted molar refractivity (Wildman–Crippen MR) is 68.0 cm³/mol. The van der Waals surface area contributed by atoms with E-state index in [0.29, 0.717) is 5.56 Å². The van der Waals surface area contributed by atoms with Crippen molar-refractivity contribution in [2.24, 2.45) is 5.73 Å². The zero-order valence-corrected chi connectivity index (χ0v) is 9.46. The quantitative estimate of drug-likeness (QED) is 0.789. The third-order valence-corrected chi connectivity index (χ3v) is 2.56. The fourth-order valence-electron chi connectivity index (χ4n) is 1.58. The Morgan fingerprint density at radius 3 is 2.39 bits per heavy atom. The van der Waals surface area contributed by atoms with Gasteiger partial charge in [-0.05, 0) is 11.6 Å². The predicted octanol–water partition coefficient (Wildman–Crippen LogP) is 1.24. The van der Waals surface area contributed by atoms with Crippen LogP contribution >= 0.6 is 0 Å². The Hall–Kier alpha value is -2.69. The van der Waals surface area contributed by atoms with E-state index in [2.05, 4.69) is 4.98 Å². The number of rotatable bonds is 3. The van der Waals surface area contributed by atoms with E-state index in [1.54, 1.807) is 36.5 Å². The van der Waals surface area contributed by atoms with Crippen molar-refractivity contribution in [3.63, 3.8) is 0 Å². The van der Waals surface area contributed by atoms with E-state index in [4.69, 9.17) is 11.5 Å². The molecule has 0 aliphatic rings. The van der Waals surface area contributed by atoms with Gasteiger partial charge in [0, 0.05) is 17.3 Å². The lowest BCUT2D eigenvalue weighted by Gasteiger charge is -2.05. The number of amides is 1. The Balaban J connectivity index is 2.47. The number of nitrogens with zero attached hydrogens (tertiary/aromatic N) is 1. The molecule has 1 aromatic heterocycles. The molecule has 1 aromatic carbocycles. The number of carbonyl (C=O) groups is 2. The summed E-state index contributed by atoms with van der Waals surface area (Å²) in [7, 11) is 0. The molecule has 0 radical (unpaired) electrons. The molecular formula is C13H11N3O2. The summed E-state index contributed by atoms with van der Waals surface area (Å²) in [6.07, 6.45) is 2.32. The lowest BCUT2D eigenvalue weighted by atomic mass is 10.0. The lowest BCUT2D eigenvalue weighted by Crippen LogP contribution is -2.14. The maximum atomic E-state index is 11.2. The minimum atomic E-state index is -0.619. The second-order valence-electron chi connectivity index (χ2n) is 3.76. The number of benzene rings is 1. The first-order valence-electron chi connectivity index (χ1n) is 5.23. The van der Waals surface area contributed by atoms with Crippen LogP contribution in [0.25, 0.3) is 11.1 Å². The summed E-state index contributed by atoms with van der Waals surface area (Å²) in [5.41, 5.74) is 13.1. The van der Waals surface area contributed by atoms with Crippen LogP contribution in [0.2, 0.25) is 0 Å². The molecule has 2 rings (SSSR count). The van der Waals surface area contributed by atoms with Gasteiger partial charge in [-0.25, -0.2) is 4.98 Å². The Morgan fingerprint density at radius 1 is 1.17 bits per heavy atom. The highest BCUT2D eigenvalue weighted by atomic mass is 16.1. The molecule has 0 unspecified atom stereocenters. The maximum absolute atomic E-state index is 11.2. The number of nitrogens with two attached hydrogens (primary N) is 2. The number of primary amides is 1. The summed E-state index contributed by atoms with van der Waals surface area (Å²) in [5, 5.41) is 0. The highest BCUT2D eigenvalue weighted by Crippen LogP contribution is 2.22. The topological polar surface area (TPSA) is 99.1 Å². The Morgan fingerprint density at radius 2 is 1.83 bits per heavy atom. The third kappa shape index (κ3) is 2.20. The second-order valence-corrected chi connectivity index (χ2v) is 3.76. The minimum Gasteiger partial charge on any atom is -0.383 e. The molecule has 4 N–H and O–H groups in total. The van der Waals surface area contributed by atoms with Gasteiger partial charge in [0.1, 0.15) is 12.1 Å². The first-order valence-corrected chi connectivity index (χ1v) is 5.23. The van der Waals surface area contributed by atoms with E-state index in [1.165, 1.54) is 0 Å². The molecule has 5 nitrogen and oxygen atoms in total. The van der Waals surface area contributed by atoms with Crippen LogP contribution < -0.4 is 11.5 Å². The summed E-state index contributed by atoms with van der Waals surface area (Å²) < 4.78 is 0. The Labute approximate surface area is 103 Å². The summed E-state index contributed by atoms with van der Waals surface area (Å²) >= 11 is 0. The largest absolute Gasteiger partial charge is 0.383 e. The van der Waals surface area contributed by atoms with Crippen LogP contribution in [0.1, 0.15) is 20.7 Å². The standard InChI is InChI=1S/C13H11N3O2/c14-12-11(13(15)18)5-10(6-16-12)9-3-1-8(7-17)2-4-9/h1-7H,(H2,14,16)(H2,15,18). The van der Waals surface area contributed by atoms with Gasteiger partial charge in [-0.1, -0.05) is 24.3 Å². The number of pyridine rings is 1. The van der Waals surface area contributed by atoms with Crippen molar-refractivity contribution in [1.82, 2.24) is 4.98 Å². The maximum Gasteiger partial charge on any atom is 0.252 e. The third-order valence-electron chi connectivity index (χ3n) is 2.56. The van der Waals surface area contributed by atoms with E-state index >= 15 is 0 Å². The van der Waals surface area contributed by atoms with Crippen molar-refractivity contribution in [1.29, 1.82) is 0 Å². The van der Waals surface area contributed by atoms with Crippen LogP contribution in [0.4, 0.5) is 5.82 Å². The first-order chi connectivity index (χ1) is 8.61. The molecule has 0 aliphatic carbocycles. The summed E-state index contributed by atoms with van der Waals surface area (Å²) in [6, 6.07) is 8.48. The second kappa shape index (κ2) is 4.67. The zero-order chi connectivity index (χ0) is 13.1. The number of carbonyl (C=O) groups excluding carboxylic acids is 2. The van der Waals surface area contributed by atoms with Gasteiger partial charge in [0.25, 0.3) is 5.91 Å². The van der Waals surface area contributed by atoms with Crippen LogP contribution in [0.5, 0.6) is 0 Å². The average molecular weight is 241 g/mol. The normalized spacial score (nSPS) is 10.0. The van der Waals surface area contributed by atoms with E-state index in [0.717, 1.165) is 17.4 Å². The molecule has 0 atom stereocenters. The minimum absolute atomic E-state index is 0.107. The van der Waals surface area contributed by atoms with E-state index < -0.39 is 5.91 Å². The lowest BCUT2D eigenvalue weighted by molar-refractivity contribution is 0.100. The summed E-state index contributed by atoms with van der Waals surface area (Å²) in [4.78, 5) is 25.6. The van der Waals surface area contributed by atoms with Gasteiger partial charge in [0.2, 0.25) is 0 Å². The van der Waals surface area contributed by atoms with Gasteiger partial charge in [-0.2, -0.15) is 0 Å². The molecule has 0 saturated heterocycles. The molecule has 1 amide bonds. The fraction of sp³-hybridized carbons (Fsp3) is 0. The average Bonchev–Trinajstić information content (AvgIpc) is 2.39. The van der Waals surface area contributed by atoms with E-state index in [9.17, 15) is 9.59 Å². The van der Waals surface area contributed by atoms with E-state index in [-0.39, 0.29) is 11.4 Å². The molecule has 0 aliphatic heterocycles. The number of nitrogen functional groups attached to an aromatic ring is 1. The van der Waals surface area contributed by atoms with Crippen molar-refractivity contribution in [3.8, 4) is 11.1 Å². The van der Waals surface area contributed by atoms with Crippen LogP contribution in [0.15, 0.2) is 36.5 Å². The Bertz CT molecular complexity index is 606.